The lowest BCUT2D eigenvalue weighted by Crippen LogP contribution is -2.36. The smallest absolute Gasteiger partial charge is 0.126 e. The Hall–Kier alpha value is -0.640. The van der Waals surface area contributed by atoms with E-state index in [0.717, 1.165) is 45.7 Å². The summed E-state index contributed by atoms with van der Waals surface area (Å²) in [6.45, 7) is 4.59. The van der Waals surface area contributed by atoms with Crippen molar-refractivity contribution < 1.29 is 9.13 Å². The van der Waals surface area contributed by atoms with Gasteiger partial charge in [-0.05, 0) is 43.1 Å². The summed E-state index contributed by atoms with van der Waals surface area (Å²) in [4.78, 5) is 2.35. The minimum atomic E-state index is -0.156. The molecule has 1 heterocycles. The van der Waals surface area contributed by atoms with Gasteiger partial charge in [0.1, 0.15) is 5.82 Å². The third-order valence-electron chi connectivity index (χ3n) is 3.03. The number of rotatable bonds is 4. The number of hydrogen-bond acceptors (Lipinski definition) is 2. The highest BCUT2D eigenvalue weighted by Crippen LogP contribution is 2.16. The molecule has 17 heavy (non-hydrogen) atoms. The van der Waals surface area contributed by atoms with Gasteiger partial charge in [0.25, 0.3) is 0 Å². The van der Waals surface area contributed by atoms with Crippen LogP contribution < -0.4 is 0 Å². The van der Waals surface area contributed by atoms with Crippen LogP contribution in [0.1, 0.15) is 12.0 Å². The Labute approximate surface area is 106 Å². The maximum absolute atomic E-state index is 13.4. The van der Waals surface area contributed by atoms with Crippen molar-refractivity contribution in [2.45, 2.75) is 12.8 Å². The van der Waals surface area contributed by atoms with Crippen molar-refractivity contribution in [2.75, 3.05) is 32.8 Å². The first-order chi connectivity index (χ1) is 8.25. The molecule has 1 aliphatic heterocycles. The van der Waals surface area contributed by atoms with Gasteiger partial charge in [-0.2, -0.15) is 0 Å². The molecular formula is C13H17ClFNO. The molecule has 94 valence electrons. The number of benzene rings is 1. The van der Waals surface area contributed by atoms with Crippen LogP contribution in [0.25, 0.3) is 0 Å². The van der Waals surface area contributed by atoms with Gasteiger partial charge in [0.05, 0.1) is 13.2 Å². The van der Waals surface area contributed by atoms with Crippen LogP contribution >= 0.6 is 11.6 Å². The predicted molar refractivity (Wildman–Crippen MR) is 67.0 cm³/mol. The van der Waals surface area contributed by atoms with Gasteiger partial charge in [0, 0.05) is 18.1 Å². The fourth-order valence-electron chi connectivity index (χ4n) is 2.05. The molecule has 2 rings (SSSR count). The largest absolute Gasteiger partial charge is 0.379 e. The lowest BCUT2D eigenvalue weighted by atomic mass is 10.1. The van der Waals surface area contributed by atoms with Crippen molar-refractivity contribution >= 4 is 11.6 Å². The number of halogens is 2. The van der Waals surface area contributed by atoms with Crippen LogP contribution in [0.4, 0.5) is 4.39 Å². The van der Waals surface area contributed by atoms with Crippen molar-refractivity contribution in [3.63, 3.8) is 0 Å². The van der Waals surface area contributed by atoms with E-state index in [0.29, 0.717) is 10.6 Å². The minimum Gasteiger partial charge on any atom is -0.379 e. The molecule has 0 amide bonds. The van der Waals surface area contributed by atoms with E-state index in [1.807, 2.05) is 0 Å². The van der Waals surface area contributed by atoms with Crippen LogP contribution in [-0.2, 0) is 11.2 Å². The van der Waals surface area contributed by atoms with E-state index in [1.165, 1.54) is 6.07 Å². The summed E-state index contributed by atoms with van der Waals surface area (Å²) in [5.74, 6) is -0.156. The van der Waals surface area contributed by atoms with Gasteiger partial charge in [0.2, 0.25) is 0 Å². The van der Waals surface area contributed by atoms with E-state index in [1.54, 1.807) is 12.1 Å². The van der Waals surface area contributed by atoms with Crippen LogP contribution in [0.2, 0.25) is 5.02 Å². The third-order valence-corrected chi connectivity index (χ3v) is 3.27. The molecule has 1 fully saturated rings. The monoisotopic (exact) mass is 257 g/mol. The van der Waals surface area contributed by atoms with Crippen LogP contribution in [0, 0.1) is 5.82 Å². The number of morpholine rings is 1. The Morgan fingerprint density at radius 3 is 2.82 bits per heavy atom. The zero-order valence-corrected chi connectivity index (χ0v) is 10.5. The highest BCUT2D eigenvalue weighted by Gasteiger charge is 2.10. The molecule has 0 aromatic heterocycles. The molecule has 0 unspecified atom stereocenters. The molecule has 0 spiro atoms. The highest BCUT2D eigenvalue weighted by atomic mass is 35.5. The molecule has 0 radical (unpaired) electrons. The maximum Gasteiger partial charge on any atom is 0.126 e. The van der Waals surface area contributed by atoms with Crippen molar-refractivity contribution in [3.8, 4) is 0 Å². The first kappa shape index (κ1) is 12.8. The second kappa shape index (κ2) is 6.34. The molecule has 0 N–H and O–H groups in total. The second-order valence-corrected chi connectivity index (χ2v) is 4.73. The van der Waals surface area contributed by atoms with Gasteiger partial charge in [-0.15, -0.1) is 0 Å². The quantitative estimate of drug-likeness (QED) is 0.822. The SMILES string of the molecule is Fc1ccc(Cl)cc1CCCN1CCOCC1. The summed E-state index contributed by atoms with van der Waals surface area (Å²) < 4.78 is 18.7. The molecule has 1 saturated heterocycles. The lowest BCUT2D eigenvalue weighted by Gasteiger charge is -2.26. The average molecular weight is 258 g/mol. The average Bonchev–Trinajstić information content (AvgIpc) is 2.35. The summed E-state index contributed by atoms with van der Waals surface area (Å²) in [6, 6.07) is 4.74. The molecule has 0 saturated carbocycles. The van der Waals surface area contributed by atoms with E-state index >= 15 is 0 Å². The van der Waals surface area contributed by atoms with E-state index in [4.69, 9.17) is 16.3 Å². The predicted octanol–water partition coefficient (Wildman–Crippen LogP) is 2.74. The molecule has 1 aromatic rings. The van der Waals surface area contributed by atoms with Gasteiger partial charge in [0.15, 0.2) is 0 Å². The summed E-state index contributed by atoms with van der Waals surface area (Å²) in [7, 11) is 0. The first-order valence-electron chi connectivity index (χ1n) is 6.00. The normalized spacial score (nSPS) is 17.3. The molecule has 2 nitrogen and oxygen atoms in total. The number of nitrogens with zero attached hydrogens (tertiary/aromatic N) is 1. The van der Waals surface area contributed by atoms with E-state index in [-0.39, 0.29) is 5.82 Å². The van der Waals surface area contributed by atoms with Crippen LogP contribution in [0.3, 0.4) is 0 Å². The van der Waals surface area contributed by atoms with Crippen molar-refractivity contribution in [3.05, 3.63) is 34.6 Å². The first-order valence-corrected chi connectivity index (χ1v) is 6.37. The van der Waals surface area contributed by atoms with E-state index in [9.17, 15) is 4.39 Å². The zero-order valence-electron chi connectivity index (χ0n) is 9.79. The summed E-state index contributed by atoms with van der Waals surface area (Å²) in [5, 5.41) is 0.604. The Bertz CT molecular complexity index is 366. The molecule has 0 bridgehead atoms. The third kappa shape index (κ3) is 3.95. The van der Waals surface area contributed by atoms with Crippen molar-refractivity contribution in [1.29, 1.82) is 0 Å². The maximum atomic E-state index is 13.4. The van der Waals surface area contributed by atoms with Crippen LogP contribution in [0.15, 0.2) is 18.2 Å². The Morgan fingerprint density at radius 2 is 2.06 bits per heavy atom. The Balaban J connectivity index is 1.79. The topological polar surface area (TPSA) is 12.5 Å². The summed E-state index contributed by atoms with van der Waals surface area (Å²) in [5.41, 5.74) is 0.714. The van der Waals surface area contributed by atoms with Crippen molar-refractivity contribution in [2.24, 2.45) is 0 Å². The van der Waals surface area contributed by atoms with Gasteiger partial charge in [-0.25, -0.2) is 4.39 Å². The van der Waals surface area contributed by atoms with Crippen LogP contribution in [0.5, 0.6) is 0 Å². The molecule has 0 aliphatic carbocycles. The van der Waals surface area contributed by atoms with Crippen molar-refractivity contribution in [1.82, 2.24) is 4.90 Å². The van der Waals surface area contributed by atoms with Gasteiger partial charge < -0.3 is 4.74 Å². The van der Waals surface area contributed by atoms with Gasteiger partial charge in [-0.1, -0.05) is 11.6 Å². The fourth-order valence-corrected chi connectivity index (χ4v) is 2.25. The fraction of sp³-hybridized carbons (Fsp3) is 0.538. The van der Waals surface area contributed by atoms with Crippen LogP contribution in [-0.4, -0.2) is 37.7 Å². The number of aryl methyl sites for hydroxylation is 1. The van der Waals surface area contributed by atoms with Gasteiger partial charge in [-0.3, -0.25) is 4.90 Å². The number of ether oxygens (including phenoxy) is 1. The standard InChI is InChI=1S/C13H17ClFNO/c14-12-3-4-13(15)11(10-12)2-1-5-16-6-8-17-9-7-16/h3-4,10H,1-2,5-9H2. The second-order valence-electron chi connectivity index (χ2n) is 4.29. The lowest BCUT2D eigenvalue weighted by molar-refractivity contribution is 0.0374. The molecule has 0 atom stereocenters. The summed E-state index contributed by atoms with van der Waals surface area (Å²) in [6.07, 6.45) is 1.70. The molecule has 1 aliphatic rings. The summed E-state index contributed by atoms with van der Waals surface area (Å²) >= 11 is 5.85. The van der Waals surface area contributed by atoms with E-state index < -0.39 is 0 Å². The highest BCUT2D eigenvalue weighted by molar-refractivity contribution is 6.30. The minimum absolute atomic E-state index is 0.156. The molecule has 1 aromatic carbocycles. The Morgan fingerprint density at radius 1 is 1.29 bits per heavy atom. The van der Waals surface area contributed by atoms with Gasteiger partial charge >= 0.3 is 0 Å². The van der Waals surface area contributed by atoms with E-state index in [2.05, 4.69) is 4.90 Å². The zero-order chi connectivity index (χ0) is 12.1. The molecule has 4 heteroatoms. The Kier molecular flexibility index (Phi) is 4.77. The number of hydrogen-bond donors (Lipinski definition) is 0. The molecular weight excluding hydrogens is 241 g/mol.